The Bertz CT molecular complexity index is 323. The summed E-state index contributed by atoms with van der Waals surface area (Å²) >= 11 is 0. The van der Waals surface area contributed by atoms with Crippen molar-refractivity contribution in [2.24, 2.45) is 16.8 Å². The van der Waals surface area contributed by atoms with E-state index < -0.39 is 0 Å². The Balaban J connectivity index is 2.27. The van der Waals surface area contributed by atoms with E-state index in [1.54, 1.807) is 7.11 Å². The largest absolute Gasteiger partial charge is 0.497 e. The number of methoxy groups -OCH3 is 1. The topological polar surface area (TPSA) is 21.6 Å². The molecule has 2 rings (SSSR count). The zero-order valence-electron chi connectivity index (χ0n) is 7.90. The average Bonchev–Trinajstić information content (AvgIpc) is 2.18. The van der Waals surface area contributed by atoms with Crippen molar-refractivity contribution in [3.05, 3.63) is 36.3 Å². The number of nitrogens with zero attached hydrogens (tertiary/aromatic N) is 1. The molecule has 1 aliphatic carbocycles. The zero-order valence-corrected chi connectivity index (χ0v) is 7.90. The van der Waals surface area contributed by atoms with E-state index >= 15 is 0 Å². The molecule has 0 amide bonds. The van der Waals surface area contributed by atoms with Gasteiger partial charge >= 0.3 is 0 Å². The second kappa shape index (κ2) is 3.21. The monoisotopic (exact) mass is 175 g/mol. The molecule has 0 aromatic heterocycles. The minimum absolute atomic E-state index is 0.428. The van der Waals surface area contributed by atoms with Gasteiger partial charge in [0.1, 0.15) is 5.76 Å². The Hall–Kier alpha value is -1.31. The molecule has 1 aliphatic heterocycles. The van der Waals surface area contributed by atoms with Crippen LogP contribution in [0.2, 0.25) is 0 Å². The van der Waals surface area contributed by atoms with Crippen molar-refractivity contribution < 1.29 is 4.74 Å². The second-order valence-electron chi connectivity index (χ2n) is 3.35. The molecular weight excluding hydrogens is 162 g/mol. The van der Waals surface area contributed by atoms with Crippen molar-refractivity contribution in [1.82, 2.24) is 0 Å². The van der Waals surface area contributed by atoms with Crippen LogP contribution < -0.4 is 0 Å². The van der Waals surface area contributed by atoms with Gasteiger partial charge in [0.25, 0.3) is 0 Å². The summed E-state index contributed by atoms with van der Waals surface area (Å²) in [5.74, 6) is 1.81. The Morgan fingerprint density at radius 2 is 2.23 bits per heavy atom. The highest BCUT2D eigenvalue weighted by atomic mass is 16.5. The van der Waals surface area contributed by atoms with Gasteiger partial charge in [-0.05, 0) is 19.1 Å². The van der Waals surface area contributed by atoms with Crippen LogP contribution in [0.25, 0.3) is 0 Å². The molecule has 0 fully saturated rings. The third-order valence-electron chi connectivity index (χ3n) is 2.54. The van der Waals surface area contributed by atoms with Crippen LogP contribution in [0.4, 0.5) is 0 Å². The van der Waals surface area contributed by atoms with Gasteiger partial charge in [0.2, 0.25) is 0 Å². The molecule has 0 bridgehead atoms. The van der Waals surface area contributed by atoms with Gasteiger partial charge in [-0.25, -0.2) is 0 Å². The lowest BCUT2D eigenvalue weighted by Crippen LogP contribution is -2.21. The summed E-state index contributed by atoms with van der Waals surface area (Å²) < 4.78 is 5.18. The van der Waals surface area contributed by atoms with E-state index in [1.165, 1.54) is 5.71 Å². The van der Waals surface area contributed by atoms with Gasteiger partial charge in [0, 0.05) is 23.7 Å². The molecule has 0 N–H and O–H groups in total. The second-order valence-corrected chi connectivity index (χ2v) is 3.35. The molecule has 0 spiro atoms. The zero-order chi connectivity index (χ0) is 9.26. The van der Waals surface area contributed by atoms with E-state index in [9.17, 15) is 0 Å². The lowest BCUT2D eigenvalue weighted by molar-refractivity contribution is 0.300. The molecule has 68 valence electrons. The highest BCUT2D eigenvalue weighted by Crippen LogP contribution is 2.28. The molecule has 2 nitrogen and oxygen atoms in total. The minimum atomic E-state index is 0.428. The summed E-state index contributed by atoms with van der Waals surface area (Å²) in [5, 5.41) is 0. The Morgan fingerprint density at radius 1 is 1.38 bits per heavy atom. The first-order valence-electron chi connectivity index (χ1n) is 4.46. The van der Waals surface area contributed by atoms with Crippen LogP contribution in [0.15, 0.2) is 41.3 Å². The molecule has 2 atom stereocenters. The molecule has 0 aromatic rings. The molecule has 2 aliphatic rings. The van der Waals surface area contributed by atoms with Gasteiger partial charge in [-0.15, -0.1) is 0 Å². The lowest BCUT2D eigenvalue weighted by Gasteiger charge is -2.25. The number of aliphatic imine (C=N–C) groups is 1. The van der Waals surface area contributed by atoms with Crippen molar-refractivity contribution in [2.75, 3.05) is 7.11 Å². The van der Waals surface area contributed by atoms with E-state index in [4.69, 9.17) is 4.74 Å². The van der Waals surface area contributed by atoms with Crippen LogP contribution >= 0.6 is 0 Å². The van der Waals surface area contributed by atoms with E-state index in [2.05, 4.69) is 30.1 Å². The third kappa shape index (κ3) is 1.44. The molecule has 13 heavy (non-hydrogen) atoms. The normalized spacial score (nSPS) is 30.6. The predicted molar refractivity (Wildman–Crippen MR) is 53.5 cm³/mol. The van der Waals surface area contributed by atoms with Gasteiger partial charge in [-0.3, -0.25) is 4.99 Å². The van der Waals surface area contributed by atoms with Crippen LogP contribution in [0.3, 0.4) is 0 Å². The first kappa shape index (κ1) is 8.30. The number of allylic oxidation sites excluding steroid dienone is 4. The van der Waals surface area contributed by atoms with E-state index in [0.717, 1.165) is 5.76 Å². The van der Waals surface area contributed by atoms with Crippen LogP contribution in [0.1, 0.15) is 6.92 Å². The first-order chi connectivity index (χ1) is 6.31. The molecule has 2 heteroatoms. The van der Waals surface area contributed by atoms with Gasteiger partial charge < -0.3 is 4.74 Å². The van der Waals surface area contributed by atoms with Gasteiger partial charge in [-0.1, -0.05) is 12.2 Å². The average molecular weight is 175 g/mol. The summed E-state index contributed by atoms with van der Waals surface area (Å²) in [7, 11) is 1.70. The number of hydrogen-bond acceptors (Lipinski definition) is 2. The van der Waals surface area contributed by atoms with Crippen molar-refractivity contribution in [2.45, 2.75) is 6.92 Å². The predicted octanol–water partition coefficient (Wildman–Crippen LogP) is 2.31. The summed E-state index contributed by atoms with van der Waals surface area (Å²) in [6.45, 7) is 2.07. The summed E-state index contributed by atoms with van der Waals surface area (Å²) in [4.78, 5) is 4.28. The summed E-state index contributed by atoms with van der Waals surface area (Å²) in [6.07, 6.45) is 10.3. The lowest BCUT2D eigenvalue weighted by atomic mass is 9.83. The van der Waals surface area contributed by atoms with Crippen molar-refractivity contribution in [3.63, 3.8) is 0 Å². The number of rotatable bonds is 1. The molecular formula is C11H13NO. The van der Waals surface area contributed by atoms with Crippen LogP contribution in [0, 0.1) is 11.8 Å². The molecule has 0 saturated carbocycles. The first-order valence-corrected chi connectivity index (χ1v) is 4.46. The van der Waals surface area contributed by atoms with E-state index in [1.807, 2.05) is 12.3 Å². The smallest absolute Gasteiger partial charge is 0.115 e. The maximum Gasteiger partial charge on any atom is 0.115 e. The minimum Gasteiger partial charge on any atom is -0.497 e. The van der Waals surface area contributed by atoms with Crippen LogP contribution in [0.5, 0.6) is 0 Å². The Morgan fingerprint density at radius 3 is 3.00 bits per heavy atom. The quantitative estimate of drug-likeness (QED) is 0.599. The number of hydrogen-bond donors (Lipinski definition) is 0. The Labute approximate surface area is 78.3 Å². The van der Waals surface area contributed by atoms with Crippen molar-refractivity contribution in [1.29, 1.82) is 0 Å². The standard InChI is InChI=1S/C11H13NO/c1-8-11-4-3-10(13-2)7-9(11)5-6-12-8/h3-7,9,11H,1-2H3. The fourth-order valence-electron chi connectivity index (χ4n) is 1.75. The van der Waals surface area contributed by atoms with Gasteiger partial charge in [0.05, 0.1) is 7.11 Å². The fourth-order valence-corrected chi connectivity index (χ4v) is 1.75. The van der Waals surface area contributed by atoms with E-state index in [-0.39, 0.29) is 0 Å². The fraction of sp³-hybridized carbons (Fsp3) is 0.364. The molecule has 1 heterocycles. The number of fused-ring (bicyclic) bond motifs is 1. The van der Waals surface area contributed by atoms with Crippen molar-refractivity contribution in [3.8, 4) is 0 Å². The van der Waals surface area contributed by atoms with Crippen molar-refractivity contribution >= 4 is 5.71 Å². The van der Waals surface area contributed by atoms with E-state index in [0.29, 0.717) is 11.8 Å². The highest BCUT2D eigenvalue weighted by molar-refractivity contribution is 5.88. The van der Waals surface area contributed by atoms with Gasteiger partial charge in [0.15, 0.2) is 0 Å². The summed E-state index contributed by atoms with van der Waals surface area (Å²) in [6, 6.07) is 0. The maximum atomic E-state index is 5.18. The van der Waals surface area contributed by atoms with Gasteiger partial charge in [-0.2, -0.15) is 0 Å². The maximum absolute atomic E-state index is 5.18. The third-order valence-corrected chi connectivity index (χ3v) is 2.54. The Kier molecular flexibility index (Phi) is 2.05. The molecule has 2 unspecified atom stereocenters. The SMILES string of the molecule is COC1=CC2C=CN=C(C)C2C=C1. The summed E-state index contributed by atoms with van der Waals surface area (Å²) in [5.41, 5.74) is 1.18. The van der Waals surface area contributed by atoms with Crippen LogP contribution in [-0.4, -0.2) is 12.8 Å². The van der Waals surface area contributed by atoms with Crippen LogP contribution in [-0.2, 0) is 4.74 Å². The highest BCUT2D eigenvalue weighted by Gasteiger charge is 2.23. The number of ether oxygens (including phenoxy) is 1. The molecule has 0 saturated heterocycles. The molecule has 0 radical (unpaired) electrons. The molecule has 0 aromatic carbocycles.